The Balaban J connectivity index is 2.71. The summed E-state index contributed by atoms with van der Waals surface area (Å²) in [6, 6.07) is 0. The first-order chi connectivity index (χ1) is 5.16. The molecule has 1 rings (SSSR count). The Kier molecular flexibility index (Phi) is 2.42. The van der Waals surface area contributed by atoms with Crippen molar-refractivity contribution in [1.82, 2.24) is 0 Å². The average molecular weight is 154 g/mol. The van der Waals surface area contributed by atoms with Crippen molar-refractivity contribution in [3.63, 3.8) is 0 Å². The van der Waals surface area contributed by atoms with Crippen LogP contribution in [0.2, 0.25) is 0 Å². The van der Waals surface area contributed by atoms with E-state index in [1.165, 1.54) is 6.92 Å². The van der Waals surface area contributed by atoms with Crippen molar-refractivity contribution >= 4 is 11.6 Å². The lowest BCUT2D eigenvalue weighted by atomic mass is 9.90. The molecule has 2 atom stereocenters. The number of rotatable bonds is 2. The number of hydrogen-bond acceptors (Lipinski definition) is 2. The standard InChI is InChI=1S/C9H14O2/c1-3-7-4-5-8(11)9(7)6(2)10/h7,9H,3-5H2,1-2H3. The van der Waals surface area contributed by atoms with Crippen molar-refractivity contribution in [3.8, 4) is 0 Å². The normalized spacial score (nSPS) is 30.9. The van der Waals surface area contributed by atoms with Crippen molar-refractivity contribution in [3.05, 3.63) is 0 Å². The van der Waals surface area contributed by atoms with Gasteiger partial charge in [-0.25, -0.2) is 0 Å². The number of carbonyl (C=O) groups excluding carboxylic acids is 2. The molecule has 2 nitrogen and oxygen atoms in total. The Bertz CT molecular complexity index is 184. The van der Waals surface area contributed by atoms with Gasteiger partial charge < -0.3 is 0 Å². The Labute approximate surface area is 67.0 Å². The zero-order valence-electron chi connectivity index (χ0n) is 7.09. The predicted octanol–water partition coefficient (Wildman–Crippen LogP) is 1.58. The second kappa shape index (κ2) is 3.16. The zero-order valence-corrected chi connectivity index (χ0v) is 7.09. The summed E-state index contributed by atoms with van der Waals surface area (Å²) in [5.74, 6) is 0.281. The summed E-state index contributed by atoms with van der Waals surface area (Å²) in [6.45, 7) is 3.57. The molecular weight excluding hydrogens is 140 g/mol. The molecule has 0 aromatic carbocycles. The van der Waals surface area contributed by atoms with Gasteiger partial charge in [0.2, 0.25) is 0 Å². The van der Waals surface area contributed by atoms with Crippen molar-refractivity contribution in [2.45, 2.75) is 33.1 Å². The summed E-state index contributed by atoms with van der Waals surface area (Å²) in [6.07, 6.45) is 2.48. The fourth-order valence-electron chi connectivity index (χ4n) is 1.91. The summed E-state index contributed by atoms with van der Waals surface area (Å²) in [5, 5.41) is 0. The molecule has 0 aromatic rings. The van der Waals surface area contributed by atoms with E-state index in [2.05, 4.69) is 0 Å². The minimum absolute atomic E-state index is 0.0550. The van der Waals surface area contributed by atoms with Gasteiger partial charge in [0.25, 0.3) is 0 Å². The average Bonchev–Trinajstić information content (AvgIpc) is 2.30. The van der Waals surface area contributed by atoms with E-state index in [1.54, 1.807) is 0 Å². The molecule has 1 fully saturated rings. The molecule has 0 aromatic heterocycles. The van der Waals surface area contributed by atoms with Gasteiger partial charge in [-0.1, -0.05) is 13.3 Å². The third-order valence-electron chi connectivity index (χ3n) is 2.54. The fraction of sp³-hybridized carbons (Fsp3) is 0.778. The Morgan fingerprint density at radius 1 is 1.64 bits per heavy atom. The van der Waals surface area contributed by atoms with E-state index in [4.69, 9.17) is 0 Å². The molecule has 0 saturated heterocycles. The van der Waals surface area contributed by atoms with Crippen LogP contribution < -0.4 is 0 Å². The van der Waals surface area contributed by atoms with Gasteiger partial charge in [-0.3, -0.25) is 9.59 Å². The largest absolute Gasteiger partial charge is 0.299 e. The molecule has 0 spiro atoms. The van der Waals surface area contributed by atoms with Crippen molar-refractivity contribution in [1.29, 1.82) is 0 Å². The number of ketones is 2. The quantitative estimate of drug-likeness (QED) is 0.566. The van der Waals surface area contributed by atoms with Gasteiger partial charge >= 0.3 is 0 Å². The van der Waals surface area contributed by atoms with Crippen LogP contribution in [-0.4, -0.2) is 11.6 Å². The SMILES string of the molecule is CCC1CCC(=O)C1C(C)=O. The second-order valence-corrected chi connectivity index (χ2v) is 3.26. The van der Waals surface area contributed by atoms with Crippen LogP contribution in [0.5, 0.6) is 0 Å². The van der Waals surface area contributed by atoms with E-state index in [-0.39, 0.29) is 17.5 Å². The van der Waals surface area contributed by atoms with Crippen LogP contribution in [0, 0.1) is 11.8 Å². The molecule has 62 valence electrons. The first kappa shape index (κ1) is 8.44. The summed E-state index contributed by atoms with van der Waals surface area (Å²) in [7, 11) is 0. The van der Waals surface area contributed by atoms with E-state index >= 15 is 0 Å². The molecule has 1 aliphatic carbocycles. The highest BCUT2D eigenvalue weighted by molar-refractivity contribution is 6.03. The monoisotopic (exact) mass is 154 g/mol. The highest BCUT2D eigenvalue weighted by atomic mass is 16.1. The van der Waals surface area contributed by atoms with E-state index in [0.29, 0.717) is 12.3 Å². The highest BCUT2D eigenvalue weighted by Crippen LogP contribution is 2.31. The number of Topliss-reactive ketones (excluding diaryl/α,β-unsaturated/α-hetero) is 2. The Morgan fingerprint density at radius 3 is 2.64 bits per heavy atom. The van der Waals surface area contributed by atoms with E-state index in [9.17, 15) is 9.59 Å². The first-order valence-electron chi connectivity index (χ1n) is 4.20. The van der Waals surface area contributed by atoms with Crippen LogP contribution in [0.1, 0.15) is 33.1 Å². The van der Waals surface area contributed by atoms with Gasteiger partial charge in [-0.05, 0) is 19.3 Å². The molecule has 1 saturated carbocycles. The molecule has 0 N–H and O–H groups in total. The van der Waals surface area contributed by atoms with Gasteiger partial charge in [0.15, 0.2) is 0 Å². The Hall–Kier alpha value is -0.660. The molecule has 0 aliphatic heterocycles. The lowest BCUT2D eigenvalue weighted by Crippen LogP contribution is -2.21. The van der Waals surface area contributed by atoms with Gasteiger partial charge in [0.05, 0.1) is 5.92 Å². The maximum absolute atomic E-state index is 11.2. The summed E-state index contributed by atoms with van der Waals surface area (Å²) >= 11 is 0. The fourth-order valence-corrected chi connectivity index (χ4v) is 1.91. The number of carbonyl (C=O) groups is 2. The van der Waals surface area contributed by atoms with Gasteiger partial charge in [0, 0.05) is 6.42 Å². The van der Waals surface area contributed by atoms with Crippen LogP contribution in [0.25, 0.3) is 0 Å². The molecule has 1 aliphatic rings. The van der Waals surface area contributed by atoms with E-state index < -0.39 is 0 Å². The van der Waals surface area contributed by atoms with E-state index in [1.807, 2.05) is 6.92 Å². The molecule has 0 heterocycles. The summed E-state index contributed by atoms with van der Waals surface area (Å²) < 4.78 is 0. The minimum Gasteiger partial charge on any atom is -0.299 e. The topological polar surface area (TPSA) is 34.1 Å². The van der Waals surface area contributed by atoms with Crippen molar-refractivity contribution in [2.75, 3.05) is 0 Å². The number of hydrogen-bond donors (Lipinski definition) is 0. The lowest BCUT2D eigenvalue weighted by Gasteiger charge is -2.11. The molecule has 11 heavy (non-hydrogen) atoms. The van der Waals surface area contributed by atoms with Gasteiger partial charge in [-0.2, -0.15) is 0 Å². The van der Waals surface area contributed by atoms with Crippen LogP contribution in [0.4, 0.5) is 0 Å². The molecule has 0 bridgehead atoms. The van der Waals surface area contributed by atoms with Crippen molar-refractivity contribution < 1.29 is 9.59 Å². The molecular formula is C9H14O2. The Morgan fingerprint density at radius 2 is 2.27 bits per heavy atom. The minimum atomic E-state index is -0.264. The van der Waals surface area contributed by atoms with Gasteiger partial charge in [0.1, 0.15) is 11.6 Å². The van der Waals surface area contributed by atoms with Crippen molar-refractivity contribution in [2.24, 2.45) is 11.8 Å². The molecule has 0 amide bonds. The molecule has 2 unspecified atom stereocenters. The maximum atomic E-state index is 11.2. The lowest BCUT2D eigenvalue weighted by molar-refractivity contribution is -0.130. The maximum Gasteiger partial charge on any atom is 0.143 e. The molecule has 2 heteroatoms. The van der Waals surface area contributed by atoms with E-state index in [0.717, 1.165) is 12.8 Å². The zero-order chi connectivity index (χ0) is 8.43. The third kappa shape index (κ3) is 1.50. The summed E-state index contributed by atoms with van der Waals surface area (Å²) in [5.41, 5.74) is 0. The summed E-state index contributed by atoms with van der Waals surface area (Å²) in [4.78, 5) is 22.2. The van der Waals surface area contributed by atoms with Crippen LogP contribution in [0.3, 0.4) is 0 Å². The smallest absolute Gasteiger partial charge is 0.143 e. The highest BCUT2D eigenvalue weighted by Gasteiger charge is 2.36. The van der Waals surface area contributed by atoms with Gasteiger partial charge in [-0.15, -0.1) is 0 Å². The first-order valence-corrected chi connectivity index (χ1v) is 4.20. The second-order valence-electron chi connectivity index (χ2n) is 3.26. The third-order valence-corrected chi connectivity index (χ3v) is 2.54. The predicted molar refractivity (Wildman–Crippen MR) is 42.2 cm³/mol. The van der Waals surface area contributed by atoms with Crippen LogP contribution >= 0.6 is 0 Å². The van der Waals surface area contributed by atoms with Crippen LogP contribution in [0.15, 0.2) is 0 Å². The molecule has 0 radical (unpaired) electrons. The van der Waals surface area contributed by atoms with Crippen LogP contribution in [-0.2, 0) is 9.59 Å².